The van der Waals surface area contributed by atoms with Crippen molar-refractivity contribution in [1.29, 1.82) is 5.41 Å². The van der Waals surface area contributed by atoms with E-state index in [1.807, 2.05) is 4.90 Å². The number of aliphatic carboxylic acids is 2. The molecule has 0 spiro atoms. The van der Waals surface area contributed by atoms with Gasteiger partial charge in [0.25, 0.3) is 0 Å². The highest BCUT2D eigenvalue weighted by Gasteiger charge is 2.34. The molecule has 2 unspecified atom stereocenters. The van der Waals surface area contributed by atoms with Gasteiger partial charge in [-0.3, -0.25) is 19.9 Å². The fourth-order valence-electron chi connectivity index (χ4n) is 3.63. The summed E-state index contributed by atoms with van der Waals surface area (Å²) in [4.78, 5) is 49.9. The number of carboxylic acid groups (broad SMARTS) is 2. The fourth-order valence-corrected chi connectivity index (χ4v) is 4.54. The molecule has 1 amide bonds. The van der Waals surface area contributed by atoms with E-state index in [9.17, 15) is 23.6 Å². The second kappa shape index (κ2) is 11.1. The van der Waals surface area contributed by atoms with Crippen LogP contribution >= 0.6 is 11.3 Å². The zero-order chi connectivity index (χ0) is 25.7. The Morgan fingerprint density at radius 1 is 1.26 bits per heavy atom. The normalized spacial score (nSPS) is 16.4. The Morgan fingerprint density at radius 2 is 2.00 bits per heavy atom. The minimum absolute atomic E-state index is 0.155. The van der Waals surface area contributed by atoms with E-state index in [4.69, 9.17) is 26.1 Å². The maximum atomic E-state index is 14.2. The first kappa shape index (κ1) is 25.8. The Bertz CT molecular complexity index is 1170. The quantitative estimate of drug-likeness (QED) is 0.138. The Hall–Kier alpha value is -3.84. The van der Waals surface area contributed by atoms with Crippen molar-refractivity contribution in [1.82, 2.24) is 10.2 Å². The van der Waals surface area contributed by atoms with Gasteiger partial charge in [0, 0.05) is 17.0 Å². The van der Waals surface area contributed by atoms with Gasteiger partial charge < -0.3 is 26.0 Å². The Morgan fingerprint density at radius 3 is 2.63 bits per heavy atom. The minimum atomic E-state index is -1.53. The molecule has 11 nitrogen and oxygen atoms in total. The smallest absolute Gasteiger partial charge is 0.353 e. The summed E-state index contributed by atoms with van der Waals surface area (Å²) in [6.07, 6.45) is 0.424. The van der Waals surface area contributed by atoms with Crippen LogP contribution in [-0.4, -0.2) is 63.4 Å². The number of halogens is 1. The van der Waals surface area contributed by atoms with Crippen molar-refractivity contribution in [2.75, 3.05) is 6.54 Å². The van der Waals surface area contributed by atoms with Crippen LogP contribution in [0.2, 0.25) is 0 Å². The topological polar surface area (TPSA) is 183 Å². The largest absolute Gasteiger partial charge is 0.481 e. The van der Waals surface area contributed by atoms with Crippen LogP contribution in [0.15, 0.2) is 30.3 Å². The maximum Gasteiger partial charge on any atom is 0.353 e. The lowest BCUT2D eigenvalue weighted by Crippen LogP contribution is -2.49. The molecule has 1 fully saturated rings. The van der Waals surface area contributed by atoms with Crippen LogP contribution < -0.4 is 15.8 Å². The summed E-state index contributed by atoms with van der Waals surface area (Å²) in [6.45, 7) is 0.856. The maximum absolute atomic E-state index is 14.2. The molecule has 6 N–H and O–H groups in total. The van der Waals surface area contributed by atoms with Gasteiger partial charge in [0.2, 0.25) is 5.91 Å². The summed E-state index contributed by atoms with van der Waals surface area (Å²) in [5, 5.41) is 27.6. The van der Waals surface area contributed by atoms with Gasteiger partial charge in [0.15, 0.2) is 11.6 Å². The highest BCUT2D eigenvalue weighted by atomic mass is 32.1. The highest BCUT2D eigenvalue weighted by Crippen LogP contribution is 2.26. The molecule has 0 aliphatic carbocycles. The number of benzene rings is 1. The van der Waals surface area contributed by atoms with E-state index < -0.39 is 48.1 Å². The summed E-state index contributed by atoms with van der Waals surface area (Å²) in [5.74, 6) is -5.58. The lowest BCUT2D eigenvalue weighted by atomic mass is 10.1. The number of carboxylic acids is 2. The predicted molar refractivity (Wildman–Crippen MR) is 122 cm³/mol. The predicted octanol–water partition coefficient (Wildman–Crippen LogP) is 1.40. The number of esters is 1. The molecule has 0 bridgehead atoms. The first-order chi connectivity index (χ1) is 16.5. The summed E-state index contributed by atoms with van der Waals surface area (Å²) in [6, 6.07) is 4.58. The molecule has 0 saturated carbocycles. The third-order valence-corrected chi connectivity index (χ3v) is 6.38. The van der Waals surface area contributed by atoms with Gasteiger partial charge in [-0.1, -0.05) is 0 Å². The highest BCUT2D eigenvalue weighted by molar-refractivity contribution is 7.13. The summed E-state index contributed by atoms with van der Waals surface area (Å²) < 4.78 is 19.3. The molecule has 1 aliphatic heterocycles. The number of nitrogens with two attached hydrogens (primary N) is 1. The number of likely N-dealkylation sites (tertiary alicyclic amines) is 1. The van der Waals surface area contributed by atoms with Crippen molar-refractivity contribution in [3.05, 3.63) is 51.5 Å². The molecule has 1 aromatic carbocycles. The molecule has 186 valence electrons. The van der Waals surface area contributed by atoms with Crippen molar-refractivity contribution in [3.8, 4) is 5.75 Å². The molecule has 13 heteroatoms. The van der Waals surface area contributed by atoms with E-state index in [0.29, 0.717) is 25.9 Å². The standard InChI is InChI=1S/C22H23FN4O7S/c23-13-8-11(19(24)25)3-5-16(13)34-22(33)17-6-4-12(35-17)10-27-7-1-2-15(27)20(30)26-14(21(31)32)9-18(28)29/h3-6,8,14-15H,1-2,7,9-10H2,(H3,24,25)(H,26,30)(H,28,29)(H,31,32). The molecule has 35 heavy (non-hydrogen) atoms. The zero-order valence-corrected chi connectivity index (χ0v) is 19.1. The van der Waals surface area contributed by atoms with Gasteiger partial charge in [0.05, 0.1) is 12.5 Å². The number of hydrogen-bond donors (Lipinski definition) is 5. The van der Waals surface area contributed by atoms with Crippen LogP contribution in [0.25, 0.3) is 0 Å². The SMILES string of the molecule is N=C(N)c1ccc(OC(=O)c2ccc(CN3CCCC3C(=O)NC(CC(=O)O)C(=O)O)s2)c(F)c1. The second-order valence-corrected chi connectivity index (χ2v) is 9.01. The van der Waals surface area contributed by atoms with Crippen molar-refractivity contribution in [2.45, 2.75) is 37.9 Å². The molecule has 2 aromatic rings. The lowest BCUT2D eigenvalue weighted by Gasteiger charge is -2.24. The Labute approximate surface area is 202 Å². The number of carbonyl (C=O) groups excluding carboxylic acids is 2. The number of amidine groups is 1. The van der Waals surface area contributed by atoms with Crippen LogP contribution in [0.4, 0.5) is 4.39 Å². The fraction of sp³-hybridized carbons (Fsp3) is 0.318. The summed E-state index contributed by atoms with van der Waals surface area (Å²) in [5.41, 5.74) is 5.47. The monoisotopic (exact) mass is 506 g/mol. The molecule has 2 heterocycles. The number of thiophene rings is 1. The van der Waals surface area contributed by atoms with E-state index in [0.717, 1.165) is 22.3 Å². The molecule has 1 aromatic heterocycles. The average molecular weight is 507 g/mol. The Kier molecular flexibility index (Phi) is 8.14. The number of carbonyl (C=O) groups is 4. The number of nitrogens with one attached hydrogen (secondary N) is 2. The number of nitrogen functional groups attached to an aromatic ring is 1. The van der Waals surface area contributed by atoms with Gasteiger partial charge >= 0.3 is 17.9 Å². The van der Waals surface area contributed by atoms with Crippen LogP contribution in [0.3, 0.4) is 0 Å². The van der Waals surface area contributed by atoms with Crippen molar-refractivity contribution in [3.63, 3.8) is 0 Å². The van der Waals surface area contributed by atoms with Crippen molar-refractivity contribution < 1.29 is 38.5 Å². The van der Waals surface area contributed by atoms with Crippen LogP contribution in [-0.2, 0) is 20.9 Å². The van der Waals surface area contributed by atoms with Crippen LogP contribution in [0, 0.1) is 11.2 Å². The third kappa shape index (κ3) is 6.61. The lowest BCUT2D eigenvalue weighted by molar-refractivity contribution is -0.147. The van der Waals surface area contributed by atoms with Gasteiger partial charge in [-0.15, -0.1) is 11.3 Å². The first-order valence-electron chi connectivity index (χ1n) is 10.5. The number of ether oxygens (including phenoxy) is 1. The number of amides is 1. The molecular formula is C22H23FN4O7S. The number of rotatable bonds is 10. The number of hydrogen-bond acceptors (Lipinski definition) is 8. The summed E-state index contributed by atoms with van der Waals surface area (Å²) in [7, 11) is 0. The molecule has 3 rings (SSSR count). The average Bonchev–Trinajstić information content (AvgIpc) is 3.44. The van der Waals surface area contributed by atoms with E-state index >= 15 is 0 Å². The van der Waals surface area contributed by atoms with Crippen molar-refractivity contribution in [2.24, 2.45) is 5.73 Å². The van der Waals surface area contributed by atoms with E-state index in [2.05, 4.69) is 5.32 Å². The van der Waals surface area contributed by atoms with Gasteiger partial charge in [-0.2, -0.15) is 0 Å². The molecular weight excluding hydrogens is 483 g/mol. The van der Waals surface area contributed by atoms with Gasteiger partial charge in [-0.05, 0) is 49.7 Å². The Balaban J connectivity index is 1.63. The van der Waals surface area contributed by atoms with E-state index in [-0.39, 0.29) is 22.0 Å². The first-order valence-corrected chi connectivity index (χ1v) is 11.3. The summed E-state index contributed by atoms with van der Waals surface area (Å²) >= 11 is 1.11. The number of nitrogens with zero attached hydrogens (tertiary/aromatic N) is 1. The molecule has 0 radical (unpaired) electrons. The molecule has 1 saturated heterocycles. The van der Waals surface area contributed by atoms with Gasteiger partial charge in [-0.25, -0.2) is 14.0 Å². The molecule has 2 atom stereocenters. The zero-order valence-electron chi connectivity index (χ0n) is 18.3. The van der Waals surface area contributed by atoms with E-state index in [1.54, 1.807) is 6.07 Å². The van der Waals surface area contributed by atoms with E-state index in [1.165, 1.54) is 18.2 Å². The van der Waals surface area contributed by atoms with Crippen LogP contribution in [0.5, 0.6) is 5.75 Å². The van der Waals surface area contributed by atoms with Crippen molar-refractivity contribution >= 4 is 41.0 Å². The minimum Gasteiger partial charge on any atom is -0.481 e. The second-order valence-electron chi connectivity index (χ2n) is 7.84. The third-order valence-electron chi connectivity index (χ3n) is 5.33. The van der Waals surface area contributed by atoms with Crippen LogP contribution in [0.1, 0.15) is 39.4 Å². The molecule has 1 aliphatic rings. The van der Waals surface area contributed by atoms with Gasteiger partial charge in [0.1, 0.15) is 16.8 Å².